The zero-order chi connectivity index (χ0) is 25.5. The highest BCUT2D eigenvalue weighted by atomic mass is 19.4. The number of halogens is 3. The Labute approximate surface area is 206 Å². The molecule has 2 aromatic heterocycles. The van der Waals surface area contributed by atoms with E-state index in [0.717, 1.165) is 12.8 Å². The molecule has 1 saturated carbocycles. The summed E-state index contributed by atoms with van der Waals surface area (Å²) < 4.78 is 38.6. The van der Waals surface area contributed by atoms with Crippen LogP contribution in [0.4, 0.5) is 30.5 Å². The quantitative estimate of drug-likeness (QED) is 0.660. The SMILES string of the molecule is N#C[C@@]1(C2CC2)CCN(c2ccnc(Nc3ccc(C(=O)N4CCC(C(F)(F)F)CC4)cn3)c2)C1=O. The van der Waals surface area contributed by atoms with Gasteiger partial charge >= 0.3 is 6.18 Å². The Morgan fingerprint density at radius 2 is 1.83 bits per heavy atom. The molecule has 36 heavy (non-hydrogen) atoms. The number of nitrogens with zero attached hydrogens (tertiary/aromatic N) is 5. The highest BCUT2D eigenvalue weighted by Gasteiger charge is 2.56. The summed E-state index contributed by atoms with van der Waals surface area (Å²) in [5, 5.41) is 12.7. The van der Waals surface area contributed by atoms with Crippen molar-refractivity contribution in [1.29, 1.82) is 5.26 Å². The maximum absolute atomic E-state index is 13.1. The first kappa shape index (κ1) is 24.0. The Bertz CT molecular complexity index is 1200. The van der Waals surface area contributed by atoms with E-state index in [1.807, 2.05) is 0 Å². The highest BCUT2D eigenvalue weighted by Crippen LogP contribution is 2.52. The van der Waals surface area contributed by atoms with Crippen LogP contribution in [0.3, 0.4) is 0 Å². The number of carbonyl (C=O) groups is 2. The van der Waals surface area contributed by atoms with Gasteiger partial charge in [-0.25, -0.2) is 9.97 Å². The van der Waals surface area contributed by atoms with Gasteiger partial charge in [0.2, 0.25) is 5.91 Å². The van der Waals surface area contributed by atoms with Crippen LogP contribution in [0.2, 0.25) is 0 Å². The molecule has 2 aromatic rings. The second kappa shape index (κ2) is 9.08. The van der Waals surface area contributed by atoms with Crippen LogP contribution in [0.1, 0.15) is 42.5 Å². The number of carbonyl (C=O) groups excluding carboxylic acids is 2. The Kier molecular flexibility index (Phi) is 6.06. The number of aromatic nitrogens is 2. The van der Waals surface area contributed by atoms with Gasteiger partial charge in [0.15, 0.2) is 0 Å². The first-order valence-electron chi connectivity index (χ1n) is 12.0. The van der Waals surface area contributed by atoms with Gasteiger partial charge in [0, 0.05) is 43.8 Å². The smallest absolute Gasteiger partial charge is 0.339 e. The van der Waals surface area contributed by atoms with Crippen molar-refractivity contribution in [3.63, 3.8) is 0 Å². The third-order valence-corrected chi connectivity index (χ3v) is 7.40. The van der Waals surface area contributed by atoms with Crippen LogP contribution < -0.4 is 10.2 Å². The molecule has 1 N–H and O–H groups in total. The van der Waals surface area contributed by atoms with Crippen molar-refractivity contribution >= 4 is 29.1 Å². The summed E-state index contributed by atoms with van der Waals surface area (Å²) in [4.78, 5) is 37.3. The lowest BCUT2D eigenvalue weighted by Crippen LogP contribution is -2.42. The van der Waals surface area contributed by atoms with E-state index in [1.54, 1.807) is 35.4 Å². The fraction of sp³-hybridized carbons (Fsp3) is 0.480. The molecule has 5 rings (SSSR count). The van der Waals surface area contributed by atoms with Gasteiger partial charge in [-0.05, 0) is 56.2 Å². The van der Waals surface area contributed by atoms with Crippen molar-refractivity contribution in [3.8, 4) is 6.07 Å². The summed E-state index contributed by atoms with van der Waals surface area (Å²) in [5.74, 6) is -0.869. The van der Waals surface area contributed by atoms with E-state index in [1.165, 1.54) is 11.1 Å². The van der Waals surface area contributed by atoms with Crippen molar-refractivity contribution in [2.75, 3.05) is 29.9 Å². The standard InChI is InChI=1S/C25H25F3N6O2/c26-25(27,28)18-6-10-33(11-7-18)22(35)16-1-4-20(31-14-16)32-21-13-19(5-9-30-21)34-12-8-24(15-29,23(34)36)17-2-3-17/h1,4-5,9,13-14,17-18H,2-3,6-8,10-12H2,(H,30,31,32)/t24-/m1/s1. The average Bonchev–Trinajstić information content (AvgIpc) is 3.67. The van der Waals surface area contributed by atoms with Crippen LogP contribution in [-0.2, 0) is 4.79 Å². The number of alkyl halides is 3. The summed E-state index contributed by atoms with van der Waals surface area (Å²) in [6, 6.07) is 8.88. The van der Waals surface area contributed by atoms with Crippen molar-refractivity contribution in [1.82, 2.24) is 14.9 Å². The van der Waals surface area contributed by atoms with Gasteiger partial charge in [-0.15, -0.1) is 0 Å². The topological polar surface area (TPSA) is 102 Å². The number of hydrogen-bond donors (Lipinski definition) is 1. The normalized spacial score (nSPS) is 23.0. The molecule has 3 aliphatic rings. The maximum atomic E-state index is 13.1. The molecular weight excluding hydrogens is 473 g/mol. The summed E-state index contributed by atoms with van der Waals surface area (Å²) in [6.45, 7) is 0.590. The largest absolute Gasteiger partial charge is 0.391 e. The minimum atomic E-state index is -4.23. The van der Waals surface area contributed by atoms with Crippen molar-refractivity contribution in [2.45, 2.75) is 38.3 Å². The first-order valence-corrected chi connectivity index (χ1v) is 12.0. The van der Waals surface area contributed by atoms with Crippen LogP contribution in [0.5, 0.6) is 0 Å². The minimum absolute atomic E-state index is 0.0583. The Morgan fingerprint density at radius 3 is 2.44 bits per heavy atom. The van der Waals surface area contributed by atoms with E-state index >= 15 is 0 Å². The van der Waals surface area contributed by atoms with E-state index < -0.39 is 17.5 Å². The lowest BCUT2D eigenvalue weighted by atomic mass is 9.83. The molecule has 11 heteroatoms. The third-order valence-electron chi connectivity index (χ3n) is 7.40. The highest BCUT2D eigenvalue weighted by molar-refractivity contribution is 6.02. The Balaban J connectivity index is 1.22. The van der Waals surface area contributed by atoms with Crippen molar-refractivity contribution in [3.05, 3.63) is 42.2 Å². The molecule has 0 unspecified atom stereocenters. The van der Waals surface area contributed by atoms with E-state index in [0.29, 0.717) is 35.9 Å². The zero-order valence-electron chi connectivity index (χ0n) is 19.5. The van der Waals surface area contributed by atoms with Crippen molar-refractivity contribution < 1.29 is 22.8 Å². The molecule has 1 atom stereocenters. The summed E-state index contributed by atoms with van der Waals surface area (Å²) in [5.41, 5.74) is 0.00984. The molecule has 2 saturated heterocycles. The zero-order valence-corrected chi connectivity index (χ0v) is 19.5. The van der Waals surface area contributed by atoms with E-state index in [2.05, 4.69) is 21.4 Å². The van der Waals surface area contributed by atoms with Gasteiger partial charge in [0.1, 0.15) is 17.1 Å². The fourth-order valence-corrected chi connectivity index (χ4v) is 5.11. The number of rotatable bonds is 5. The number of pyridine rings is 2. The summed E-state index contributed by atoms with van der Waals surface area (Å²) >= 11 is 0. The van der Waals surface area contributed by atoms with Gasteiger partial charge in [-0.2, -0.15) is 18.4 Å². The van der Waals surface area contributed by atoms with E-state index in [-0.39, 0.29) is 43.7 Å². The molecule has 4 heterocycles. The predicted octanol–water partition coefficient (Wildman–Crippen LogP) is 4.29. The van der Waals surface area contributed by atoms with E-state index in [9.17, 15) is 28.0 Å². The number of likely N-dealkylation sites (tertiary alicyclic amines) is 1. The number of nitriles is 1. The number of piperidine rings is 1. The molecule has 2 amide bonds. The molecule has 8 nitrogen and oxygen atoms in total. The fourth-order valence-electron chi connectivity index (χ4n) is 5.11. The summed E-state index contributed by atoms with van der Waals surface area (Å²) in [7, 11) is 0. The van der Waals surface area contributed by atoms with Crippen LogP contribution >= 0.6 is 0 Å². The minimum Gasteiger partial charge on any atom is -0.339 e. The number of nitrogens with one attached hydrogen (secondary N) is 1. The number of hydrogen-bond acceptors (Lipinski definition) is 6. The molecule has 0 bridgehead atoms. The molecule has 0 aromatic carbocycles. The molecule has 188 valence electrons. The van der Waals surface area contributed by atoms with Gasteiger partial charge in [0.25, 0.3) is 5.91 Å². The third kappa shape index (κ3) is 4.47. The maximum Gasteiger partial charge on any atom is 0.391 e. The predicted molar refractivity (Wildman–Crippen MR) is 124 cm³/mol. The second-order valence-electron chi connectivity index (χ2n) is 9.63. The second-order valence-corrected chi connectivity index (χ2v) is 9.63. The van der Waals surface area contributed by atoms with Crippen LogP contribution in [0, 0.1) is 28.6 Å². The van der Waals surface area contributed by atoms with Crippen LogP contribution in [0.15, 0.2) is 36.7 Å². The number of anilines is 3. The molecule has 1 aliphatic carbocycles. The Morgan fingerprint density at radius 1 is 1.08 bits per heavy atom. The van der Waals surface area contributed by atoms with Gasteiger partial charge < -0.3 is 15.1 Å². The van der Waals surface area contributed by atoms with Crippen LogP contribution in [-0.4, -0.2) is 52.5 Å². The average molecular weight is 499 g/mol. The summed E-state index contributed by atoms with van der Waals surface area (Å²) in [6.07, 6.45) is 0.858. The Hall–Kier alpha value is -3.68. The molecule has 0 spiro atoms. The lowest BCUT2D eigenvalue weighted by Gasteiger charge is -2.32. The van der Waals surface area contributed by atoms with E-state index in [4.69, 9.17) is 0 Å². The lowest BCUT2D eigenvalue weighted by molar-refractivity contribution is -0.183. The molecular formula is C25H25F3N6O2. The van der Waals surface area contributed by atoms with Gasteiger partial charge in [0.05, 0.1) is 17.6 Å². The molecule has 2 aliphatic heterocycles. The first-order chi connectivity index (χ1) is 17.2. The molecule has 0 radical (unpaired) electrons. The monoisotopic (exact) mass is 498 g/mol. The van der Waals surface area contributed by atoms with Gasteiger partial charge in [-0.3, -0.25) is 9.59 Å². The van der Waals surface area contributed by atoms with Crippen molar-refractivity contribution in [2.24, 2.45) is 17.3 Å². The van der Waals surface area contributed by atoms with Gasteiger partial charge in [-0.1, -0.05) is 0 Å². The number of amides is 2. The van der Waals surface area contributed by atoms with Crippen LogP contribution in [0.25, 0.3) is 0 Å². The molecule has 3 fully saturated rings.